The highest BCUT2D eigenvalue weighted by Crippen LogP contribution is 2.36. The minimum Gasteiger partial charge on any atom is -0.478 e. The van der Waals surface area contributed by atoms with Gasteiger partial charge in [-0.2, -0.15) is 0 Å². The largest absolute Gasteiger partial charge is 0.478 e. The molecule has 0 saturated heterocycles. The molecule has 0 radical (unpaired) electrons. The second kappa shape index (κ2) is 14.6. The van der Waals surface area contributed by atoms with E-state index in [9.17, 15) is 23.9 Å². The number of rotatable bonds is 12. The van der Waals surface area contributed by atoms with Gasteiger partial charge < -0.3 is 15.2 Å². The first-order valence-corrected chi connectivity index (χ1v) is 14.7. The Morgan fingerprint density at radius 1 is 0.795 bits per heavy atom. The number of esters is 1. The van der Waals surface area contributed by atoms with Crippen molar-refractivity contribution < 1.29 is 28.6 Å². The lowest BCUT2D eigenvalue weighted by atomic mass is 9.78. The van der Waals surface area contributed by atoms with Gasteiger partial charge in [-0.25, -0.2) is 9.18 Å². The van der Waals surface area contributed by atoms with Gasteiger partial charge in [-0.3, -0.25) is 9.59 Å². The maximum absolute atomic E-state index is 13.7. The number of aryl methyl sites for hydroxylation is 1. The highest BCUT2D eigenvalue weighted by Gasteiger charge is 2.35. The summed E-state index contributed by atoms with van der Waals surface area (Å²) in [4.78, 5) is 38.7. The van der Waals surface area contributed by atoms with Crippen molar-refractivity contribution in [2.24, 2.45) is 5.92 Å². The lowest BCUT2D eigenvalue weighted by Gasteiger charge is -2.30. The Morgan fingerprint density at radius 3 is 2.05 bits per heavy atom. The number of hydrogen-bond acceptors (Lipinski definition) is 4. The maximum Gasteiger partial charge on any atom is 0.335 e. The van der Waals surface area contributed by atoms with Crippen LogP contribution in [0.2, 0.25) is 0 Å². The molecule has 0 aliphatic carbocycles. The lowest BCUT2D eigenvalue weighted by molar-refractivity contribution is -0.161. The summed E-state index contributed by atoms with van der Waals surface area (Å²) in [5.74, 6) is -3.63. The molecule has 4 aromatic rings. The van der Waals surface area contributed by atoms with E-state index in [0.29, 0.717) is 24.0 Å². The first-order chi connectivity index (χ1) is 21.0. The van der Waals surface area contributed by atoms with Crippen LogP contribution < -0.4 is 5.32 Å². The van der Waals surface area contributed by atoms with Crippen molar-refractivity contribution in [1.29, 1.82) is 0 Å². The highest BCUT2D eigenvalue weighted by atomic mass is 19.1. The fourth-order valence-electron chi connectivity index (χ4n) is 5.31. The Balaban J connectivity index is 1.61. The first-order valence-electron chi connectivity index (χ1n) is 14.7. The SMILES string of the molecule is CC(C)(C)OC(=O)C(CCNC(=O)c1ccc(F)cc1)C(CCc1ccc(-c2ccccc2)cc1)c1ccccc1C(=O)O. The molecule has 44 heavy (non-hydrogen) atoms. The van der Waals surface area contributed by atoms with Crippen molar-refractivity contribution in [3.8, 4) is 11.1 Å². The summed E-state index contributed by atoms with van der Waals surface area (Å²) in [5, 5.41) is 12.9. The Bertz CT molecular complexity index is 1560. The average molecular weight is 596 g/mol. The standard InChI is InChI=1S/C37H38FNO5/c1-37(2,3)44-36(43)33(23-24-39-34(40)28-18-20-29(38)21-19-28)31(30-11-7-8-12-32(30)35(41)42)22-15-25-13-16-27(17-14-25)26-9-5-4-6-10-26/h4-14,16-21,31,33H,15,22-24H2,1-3H3,(H,39,40)(H,41,42). The van der Waals surface area contributed by atoms with E-state index in [1.165, 1.54) is 24.3 Å². The van der Waals surface area contributed by atoms with Crippen LogP contribution in [0.5, 0.6) is 0 Å². The molecule has 0 aromatic heterocycles. The van der Waals surface area contributed by atoms with E-state index in [2.05, 4.69) is 17.4 Å². The van der Waals surface area contributed by atoms with Gasteiger partial charge in [0.05, 0.1) is 11.5 Å². The van der Waals surface area contributed by atoms with Gasteiger partial charge in [0.15, 0.2) is 0 Å². The number of carboxylic acid groups (broad SMARTS) is 1. The fourth-order valence-corrected chi connectivity index (χ4v) is 5.31. The van der Waals surface area contributed by atoms with Crippen LogP contribution >= 0.6 is 0 Å². The number of amides is 1. The zero-order valence-corrected chi connectivity index (χ0v) is 25.3. The third-order valence-electron chi connectivity index (χ3n) is 7.44. The number of nitrogens with one attached hydrogen (secondary N) is 1. The number of aromatic carboxylic acids is 1. The third kappa shape index (κ3) is 8.86. The van der Waals surface area contributed by atoms with Gasteiger partial charge in [0, 0.05) is 12.1 Å². The quantitative estimate of drug-likeness (QED) is 0.164. The highest BCUT2D eigenvalue weighted by molar-refractivity contribution is 5.94. The maximum atomic E-state index is 13.7. The molecule has 0 bridgehead atoms. The number of carboxylic acids is 1. The van der Waals surface area contributed by atoms with Crippen molar-refractivity contribution >= 4 is 17.8 Å². The monoisotopic (exact) mass is 595 g/mol. The fraction of sp³-hybridized carbons (Fsp3) is 0.270. The molecular formula is C37H38FNO5. The van der Waals surface area contributed by atoms with E-state index in [-0.39, 0.29) is 18.5 Å². The molecule has 0 aliphatic heterocycles. The van der Waals surface area contributed by atoms with Crippen LogP contribution in [0.1, 0.15) is 71.4 Å². The number of carbonyl (C=O) groups excluding carboxylic acids is 2. The van der Waals surface area contributed by atoms with Crippen molar-refractivity contribution in [2.45, 2.75) is 51.6 Å². The number of ether oxygens (including phenoxy) is 1. The molecule has 2 unspecified atom stereocenters. The second-order valence-electron chi connectivity index (χ2n) is 11.8. The normalized spacial score (nSPS) is 12.6. The summed E-state index contributed by atoms with van der Waals surface area (Å²) in [5.41, 5.74) is 3.45. The molecule has 0 aliphatic rings. The molecule has 0 spiro atoms. The number of halogens is 1. The first kappa shape index (κ1) is 32.1. The number of carbonyl (C=O) groups is 3. The summed E-state index contributed by atoms with van der Waals surface area (Å²) in [6.45, 7) is 5.49. The van der Waals surface area contributed by atoms with E-state index in [1.54, 1.807) is 45.0 Å². The van der Waals surface area contributed by atoms with Gasteiger partial charge in [0.25, 0.3) is 5.91 Å². The van der Waals surface area contributed by atoms with Crippen molar-refractivity contribution in [3.63, 3.8) is 0 Å². The zero-order chi connectivity index (χ0) is 31.7. The molecule has 0 fully saturated rings. The van der Waals surface area contributed by atoms with Gasteiger partial charge >= 0.3 is 11.9 Å². The van der Waals surface area contributed by atoms with Crippen molar-refractivity contribution in [3.05, 3.63) is 131 Å². The van der Waals surface area contributed by atoms with Crippen LogP contribution in [-0.2, 0) is 16.0 Å². The van der Waals surface area contributed by atoms with Gasteiger partial charge in [0.1, 0.15) is 11.4 Å². The molecule has 2 N–H and O–H groups in total. The van der Waals surface area contributed by atoms with Crippen molar-refractivity contribution in [1.82, 2.24) is 5.32 Å². The van der Waals surface area contributed by atoms with Crippen LogP contribution in [-0.4, -0.2) is 35.1 Å². The molecule has 4 aromatic carbocycles. The molecular weight excluding hydrogens is 557 g/mol. The molecule has 2 atom stereocenters. The summed E-state index contributed by atoms with van der Waals surface area (Å²) in [6.07, 6.45) is 1.28. The summed E-state index contributed by atoms with van der Waals surface area (Å²) < 4.78 is 19.2. The van der Waals surface area contributed by atoms with E-state index in [4.69, 9.17) is 4.74 Å². The van der Waals surface area contributed by atoms with Crippen LogP contribution in [0.4, 0.5) is 4.39 Å². The van der Waals surface area contributed by atoms with E-state index < -0.39 is 41.1 Å². The smallest absolute Gasteiger partial charge is 0.335 e. The van der Waals surface area contributed by atoms with Gasteiger partial charge in [-0.15, -0.1) is 0 Å². The second-order valence-corrected chi connectivity index (χ2v) is 11.8. The Hall–Kier alpha value is -4.78. The minimum atomic E-state index is -1.08. The Morgan fingerprint density at radius 2 is 1.41 bits per heavy atom. The van der Waals surface area contributed by atoms with Gasteiger partial charge in [-0.1, -0.05) is 72.8 Å². The molecule has 0 heterocycles. The molecule has 0 saturated carbocycles. The molecule has 4 rings (SSSR count). The summed E-state index contributed by atoms with van der Waals surface area (Å²) >= 11 is 0. The minimum absolute atomic E-state index is 0.126. The van der Waals surface area contributed by atoms with E-state index >= 15 is 0 Å². The zero-order valence-electron chi connectivity index (χ0n) is 25.3. The van der Waals surface area contributed by atoms with Crippen LogP contribution in [0.3, 0.4) is 0 Å². The summed E-state index contributed by atoms with van der Waals surface area (Å²) in [7, 11) is 0. The van der Waals surface area contributed by atoms with Gasteiger partial charge in [-0.05, 0) is 98.5 Å². The van der Waals surface area contributed by atoms with Crippen LogP contribution in [0.25, 0.3) is 11.1 Å². The average Bonchev–Trinajstić information content (AvgIpc) is 3.00. The van der Waals surface area contributed by atoms with Crippen molar-refractivity contribution in [2.75, 3.05) is 6.54 Å². The molecule has 228 valence electrons. The van der Waals surface area contributed by atoms with Crippen LogP contribution in [0.15, 0.2) is 103 Å². The molecule has 6 nitrogen and oxygen atoms in total. The number of hydrogen-bond donors (Lipinski definition) is 2. The topological polar surface area (TPSA) is 92.7 Å². The predicted octanol–water partition coefficient (Wildman–Crippen LogP) is 7.69. The van der Waals surface area contributed by atoms with Gasteiger partial charge in [0.2, 0.25) is 0 Å². The Kier molecular flexibility index (Phi) is 10.7. The predicted molar refractivity (Wildman–Crippen MR) is 169 cm³/mol. The number of benzene rings is 4. The third-order valence-corrected chi connectivity index (χ3v) is 7.44. The summed E-state index contributed by atoms with van der Waals surface area (Å²) in [6, 6.07) is 30.2. The van der Waals surface area contributed by atoms with Crippen LogP contribution in [0, 0.1) is 11.7 Å². The van der Waals surface area contributed by atoms with E-state index in [1.807, 2.05) is 42.5 Å². The van der Waals surface area contributed by atoms with E-state index in [0.717, 1.165) is 16.7 Å². The molecule has 1 amide bonds. The molecule has 7 heteroatoms. The lowest BCUT2D eigenvalue weighted by Crippen LogP contribution is -2.35. The Labute approximate surface area is 257 Å².